The van der Waals surface area contributed by atoms with Gasteiger partial charge < -0.3 is 19.3 Å². The molecule has 1 aliphatic heterocycles. The van der Waals surface area contributed by atoms with E-state index in [0.717, 1.165) is 67.1 Å². The van der Waals surface area contributed by atoms with Crippen molar-refractivity contribution in [2.24, 2.45) is 5.92 Å². The zero-order valence-electron chi connectivity index (χ0n) is 19.3. The lowest BCUT2D eigenvalue weighted by Crippen LogP contribution is -2.49. The molecule has 4 rings (SSSR count). The van der Waals surface area contributed by atoms with Crippen LogP contribution in [0.15, 0.2) is 30.3 Å². The zero-order chi connectivity index (χ0) is 22.3. The number of carbonyl (C=O) groups excluding carboxylic acids is 1. The molecule has 172 valence electrons. The van der Waals surface area contributed by atoms with Gasteiger partial charge >= 0.3 is 0 Å². The van der Waals surface area contributed by atoms with E-state index in [1.165, 1.54) is 32.1 Å². The second-order valence-corrected chi connectivity index (χ2v) is 8.75. The van der Waals surface area contributed by atoms with Gasteiger partial charge in [0.25, 0.3) is 0 Å². The van der Waals surface area contributed by atoms with Crippen molar-refractivity contribution in [2.75, 3.05) is 45.3 Å². The molecule has 0 radical (unpaired) electrons. The monoisotopic (exact) mass is 438 g/mol. The first kappa shape index (κ1) is 22.4. The van der Waals surface area contributed by atoms with Crippen molar-refractivity contribution < 1.29 is 14.3 Å². The number of nitrogens with zero attached hydrogens (tertiary/aromatic N) is 4. The summed E-state index contributed by atoms with van der Waals surface area (Å²) < 4.78 is 10.8. The molecule has 0 bridgehead atoms. The molecule has 2 heterocycles. The molecular formula is C25H34N4O3. The summed E-state index contributed by atoms with van der Waals surface area (Å²) >= 11 is 0. The van der Waals surface area contributed by atoms with Gasteiger partial charge in [0.2, 0.25) is 5.91 Å². The van der Waals surface area contributed by atoms with Gasteiger partial charge in [-0.1, -0.05) is 32.1 Å². The molecule has 7 heteroatoms. The molecule has 32 heavy (non-hydrogen) atoms. The lowest BCUT2D eigenvalue weighted by Gasteiger charge is -2.35. The van der Waals surface area contributed by atoms with Gasteiger partial charge in [-0.3, -0.25) is 4.79 Å². The summed E-state index contributed by atoms with van der Waals surface area (Å²) in [5.74, 6) is 3.38. The van der Waals surface area contributed by atoms with Gasteiger partial charge in [-0.15, -0.1) is 10.2 Å². The number of aromatic nitrogens is 2. The molecule has 2 aliphatic rings. The second kappa shape index (κ2) is 10.7. The molecule has 1 aromatic carbocycles. The fourth-order valence-corrected chi connectivity index (χ4v) is 4.80. The Hall–Kier alpha value is -2.83. The van der Waals surface area contributed by atoms with Crippen LogP contribution in [0, 0.1) is 5.92 Å². The molecule has 1 saturated carbocycles. The molecule has 2 fully saturated rings. The van der Waals surface area contributed by atoms with E-state index >= 15 is 0 Å². The van der Waals surface area contributed by atoms with E-state index in [2.05, 4.69) is 15.1 Å². The fourth-order valence-electron chi connectivity index (χ4n) is 4.80. The number of hydrogen-bond donors (Lipinski definition) is 0. The molecule has 0 unspecified atom stereocenters. The number of anilines is 1. The van der Waals surface area contributed by atoms with Gasteiger partial charge in [0, 0.05) is 38.2 Å². The van der Waals surface area contributed by atoms with Crippen LogP contribution in [0.4, 0.5) is 5.82 Å². The van der Waals surface area contributed by atoms with Gasteiger partial charge in [0.05, 0.1) is 19.9 Å². The highest BCUT2D eigenvalue weighted by molar-refractivity contribution is 5.76. The van der Waals surface area contributed by atoms with E-state index in [1.54, 1.807) is 14.2 Å². The first-order valence-corrected chi connectivity index (χ1v) is 11.8. The van der Waals surface area contributed by atoms with Crippen LogP contribution < -0.4 is 14.4 Å². The van der Waals surface area contributed by atoms with E-state index in [0.29, 0.717) is 12.3 Å². The molecule has 1 amide bonds. The Labute approximate surface area is 190 Å². The summed E-state index contributed by atoms with van der Waals surface area (Å²) in [6, 6.07) is 9.58. The van der Waals surface area contributed by atoms with Crippen LogP contribution in [0.5, 0.6) is 11.5 Å². The van der Waals surface area contributed by atoms with E-state index in [4.69, 9.17) is 9.47 Å². The Bertz CT molecular complexity index is 889. The average Bonchev–Trinajstić information content (AvgIpc) is 2.87. The van der Waals surface area contributed by atoms with Crippen molar-refractivity contribution >= 4 is 11.7 Å². The first-order chi connectivity index (χ1) is 15.7. The van der Waals surface area contributed by atoms with Crippen molar-refractivity contribution in [2.45, 2.75) is 44.9 Å². The van der Waals surface area contributed by atoms with Crippen LogP contribution in [0.3, 0.4) is 0 Å². The number of ether oxygens (including phenoxy) is 2. The highest BCUT2D eigenvalue weighted by Gasteiger charge is 2.23. The van der Waals surface area contributed by atoms with Crippen molar-refractivity contribution in [1.82, 2.24) is 15.1 Å². The number of methoxy groups -OCH3 is 2. The number of hydrogen-bond acceptors (Lipinski definition) is 6. The molecule has 0 N–H and O–H groups in total. The maximum Gasteiger partial charge on any atom is 0.222 e. The minimum absolute atomic E-state index is 0.307. The highest BCUT2D eigenvalue weighted by Crippen LogP contribution is 2.32. The van der Waals surface area contributed by atoms with E-state index < -0.39 is 0 Å². The van der Waals surface area contributed by atoms with Crippen LogP contribution in [-0.4, -0.2) is 61.4 Å². The number of benzene rings is 1. The molecular weight excluding hydrogens is 404 g/mol. The predicted molar refractivity (Wildman–Crippen MR) is 125 cm³/mol. The van der Waals surface area contributed by atoms with Crippen LogP contribution in [0.1, 0.15) is 44.9 Å². The minimum atomic E-state index is 0.307. The number of piperazine rings is 1. The van der Waals surface area contributed by atoms with Gasteiger partial charge in [-0.2, -0.15) is 0 Å². The lowest BCUT2D eigenvalue weighted by atomic mass is 9.86. The van der Waals surface area contributed by atoms with E-state index in [1.807, 2.05) is 35.2 Å². The third-order valence-corrected chi connectivity index (χ3v) is 6.78. The van der Waals surface area contributed by atoms with Crippen LogP contribution in [-0.2, 0) is 4.79 Å². The number of rotatable bonds is 7. The van der Waals surface area contributed by atoms with Gasteiger partial charge in [-0.05, 0) is 42.7 Å². The Morgan fingerprint density at radius 1 is 0.969 bits per heavy atom. The summed E-state index contributed by atoms with van der Waals surface area (Å²) in [6.45, 7) is 3.06. The molecule has 0 spiro atoms. The quantitative estimate of drug-likeness (QED) is 0.646. The largest absolute Gasteiger partial charge is 0.497 e. The third kappa shape index (κ3) is 5.31. The van der Waals surface area contributed by atoms with Crippen LogP contribution >= 0.6 is 0 Å². The maximum absolute atomic E-state index is 12.7. The minimum Gasteiger partial charge on any atom is -0.497 e. The smallest absolute Gasteiger partial charge is 0.222 e. The molecule has 2 aromatic rings. The lowest BCUT2D eigenvalue weighted by molar-refractivity contribution is -0.131. The summed E-state index contributed by atoms with van der Waals surface area (Å²) in [5, 5.41) is 8.89. The Balaban J connectivity index is 1.32. The summed E-state index contributed by atoms with van der Waals surface area (Å²) in [4.78, 5) is 16.9. The second-order valence-electron chi connectivity index (χ2n) is 8.75. The fraction of sp³-hybridized carbons (Fsp3) is 0.560. The molecule has 0 atom stereocenters. The SMILES string of the molecule is COc1ccc(OC)c(-c2ccc(N3CCN(C(=O)CCC4CCCCC4)CC3)nn2)c1. The third-order valence-electron chi connectivity index (χ3n) is 6.78. The van der Waals surface area contributed by atoms with E-state index in [9.17, 15) is 4.79 Å². The molecule has 1 saturated heterocycles. The van der Waals surface area contributed by atoms with Gasteiger partial charge in [0.1, 0.15) is 11.5 Å². The van der Waals surface area contributed by atoms with Gasteiger partial charge in [0.15, 0.2) is 5.82 Å². The van der Waals surface area contributed by atoms with Crippen molar-refractivity contribution in [1.29, 1.82) is 0 Å². The highest BCUT2D eigenvalue weighted by atomic mass is 16.5. The first-order valence-electron chi connectivity index (χ1n) is 11.8. The topological polar surface area (TPSA) is 67.8 Å². The predicted octanol–water partition coefficient (Wildman–Crippen LogP) is 4.17. The van der Waals surface area contributed by atoms with Crippen molar-refractivity contribution in [3.05, 3.63) is 30.3 Å². The molecule has 7 nitrogen and oxygen atoms in total. The molecule has 1 aliphatic carbocycles. The number of carbonyl (C=O) groups is 1. The van der Waals surface area contributed by atoms with Crippen molar-refractivity contribution in [3.63, 3.8) is 0 Å². The zero-order valence-corrected chi connectivity index (χ0v) is 19.3. The summed E-state index contributed by atoms with van der Waals surface area (Å²) in [6.07, 6.45) is 8.39. The summed E-state index contributed by atoms with van der Waals surface area (Å²) in [7, 11) is 3.28. The van der Waals surface area contributed by atoms with Crippen LogP contribution in [0.2, 0.25) is 0 Å². The average molecular weight is 439 g/mol. The van der Waals surface area contributed by atoms with Crippen molar-refractivity contribution in [3.8, 4) is 22.8 Å². The standard InChI is InChI=1S/C25H34N4O3/c1-31-20-9-11-23(32-2)21(18-20)22-10-12-24(27-26-22)28-14-16-29(17-15-28)25(30)13-8-19-6-4-3-5-7-19/h9-12,18-19H,3-8,13-17H2,1-2H3. The molecule has 1 aromatic heterocycles. The summed E-state index contributed by atoms with van der Waals surface area (Å²) in [5.41, 5.74) is 1.58. The van der Waals surface area contributed by atoms with Crippen LogP contribution in [0.25, 0.3) is 11.3 Å². The Kier molecular flexibility index (Phi) is 7.45. The van der Waals surface area contributed by atoms with E-state index in [-0.39, 0.29) is 0 Å². The normalized spacial score (nSPS) is 17.3. The number of amides is 1. The Morgan fingerprint density at radius 3 is 2.41 bits per heavy atom. The van der Waals surface area contributed by atoms with Gasteiger partial charge in [-0.25, -0.2) is 0 Å². The maximum atomic E-state index is 12.7. The Morgan fingerprint density at radius 2 is 1.75 bits per heavy atom.